The number of rotatable bonds is 4. The minimum Gasteiger partial charge on any atom is -0.393 e. The Balaban J connectivity index is 2.59. The molecule has 1 aliphatic rings. The molecule has 3 N–H and O–H groups in total. The maximum atomic E-state index is 9.81. The van der Waals surface area contributed by atoms with Crippen LogP contribution in [0.2, 0.25) is 0 Å². The summed E-state index contributed by atoms with van der Waals surface area (Å²) in [7, 11) is 0. The molecule has 0 radical (unpaired) electrons. The molecule has 0 aromatic heterocycles. The predicted molar refractivity (Wildman–Crippen MR) is 47.2 cm³/mol. The Bertz CT molecular complexity index is 202. The van der Waals surface area contributed by atoms with Gasteiger partial charge >= 0.3 is 0 Å². The molecule has 1 saturated heterocycles. The average molecular weight is 197 g/mol. The van der Waals surface area contributed by atoms with Gasteiger partial charge in [0.1, 0.15) is 11.7 Å². The Morgan fingerprint density at radius 2 is 2.15 bits per heavy atom. The molecular formula is C9H16O4. The highest BCUT2D eigenvalue weighted by Gasteiger charge is 2.49. The first-order chi connectivity index (χ1) is 5.99. The van der Waals surface area contributed by atoms with Gasteiger partial charge in [0.05, 0.1) is 18.8 Å². The molecule has 0 amide bonds. The summed E-state index contributed by atoms with van der Waals surface area (Å²) < 4.78 is 5.06. The molecule has 0 unspecified atom stereocenters. The third-order valence-electron chi connectivity index (χ3n) is 2.12. The van der Waals surface area contributed by atoms with Crippen LogP contribution in [0, 0.1) is 0 Å². The molecule has 0 saturated carbocycles. The third-order valence-corrected chi connectivity index (χ3v) is 2.12. The van der Waals surface area contributed by atoms with Crippen LogP contribution >= 0.6 is 0 Å². The minimum atomic E-state index is -1.35. The molecule has 0 aromatic carbocycles. The highest BCUT2D eigenvalue weighted by atomic mass is 16.8. The van der Waals surface area contributed by atoms with Crippen molar-refractivity contribution in [1.82, 2.24) is 0 Å². The van der Waals surface area contributed by atoms with E-state index in [0.29, 0.717) is 0 Å². The summed E-state index contributed by atoms with van der Waals surface area (Å²) in [5.74, 6) is 0. The second kappa shape index (κ2) is 3.75. The minimum absolute atomic E-state index is 0.0317. The molecule has 1 fully saturated rings. The lowest BCUT2D eigenvalue weighted by molar-refractivity contribution is 0.00367. The van der Waals surface area contributed by atoms with Crippen molar-refractivity contribution in [3.8, 4) is 0 Å². The van der Waals surface area contributed by atoms with Crippen molar-refractivity contribution in [2.45, 2.75) is 37.8 Å². The summed E-state index contributed by atoms with van der Waals surface area (Å²) in [5.41, 5.74) is -1.35. The van der Waals surface area contributed by atoms with Crippen molar-refractivity contribution in [2.75, 3.05) is 6.61 Å². The second-order valence-electron chi connectivity index (χ2n) is 3.51. The van der Waals surface area contributed by atoms with Gasteiger partial charge in [-0.3, -0.25) is 0 Å². The van der Waals surface area contributed by atoms with Crippen LogP contribution in [0.25, 0.3) is 0 Å². The summed E-state index contributed by atoms with van der Waals surface area (Å²) in [6.07, 6.45) is 1.81. The number of hydrogen-bond donors (Lipinski definition) is 3. The van der Waals surface area contributed by atoms with Crippen molar-refractivity contribution in [1.29, 1.82) is 0 Å². The molecule has 4 heteroatoms. The van der Waals surface area contributed by atoms with E-state index in [2.05, 4.69) is 0 Å². The number of ether oxygens (including phenoxy) is 1. The van der Waals surface area contributed by atoms with Crippen LogP contribution in [-0.2, 0) is 4.74 Å². The van der Waals surface area contributed by atoms with Crippen molar-refractivity contribution in [2.24, 2.45) is 0 Å². The van der Waals surface area contributed by atoms with Gasteiger partial charge in [-0.15, -0.1) is 0 Å². The summed E-state index contributed by atoms with van der Waals surface area (Å²) in [6, 6.07) is 0. The van der Waals surface area contributed by atoms with E-state index >= 15 is 0 Å². The van der Waals surface area contributed by atoms with E-state index in [0.717, 1.165) is 0 Å². The zero-order chi connectivity index (χ0) is 10.1. The van der Waals surface area contributed by atoms with Gasteiger partial charge in [-0.05, 0) is 19.9 Å². The van der Waals surface area contributed by atoms with E-state index in [4.69, 9.17) is 14.9 Å². The number of aliphatic hydroxyl groups excluding tert-OH is 2. The zero-order valence-corrected chi connectivity index (χ0v) is 7.84. The smallest absolute Gasteiger partial charge is 0.134 e. The van der Waals surface area contributed by atoms with Gasteiger partial charge in [-0.2, -0.15) is 0 Å². The highest BCUT2D eigenvalue weighted by molar-refractivity contribution is 5.12. The first kappa shape index (κ1) is 10.7. The zero-order valence-electron chi connectivity index (χ0n) is 7.84. The number of hydrogen-bond acceptors (Lipinski definition) is 4. The lowest BCUT2D eigenvalue weighted by Crippen LogP contribution is -2.38. The van der Waals surface area contributed by atoms with E-state index in [1.807, 2.05) is 6.92 Å². The molecule has 76 valence electrons. The Labute approximate surface area is 77.5 Å². The summed E-state index contributed by atoms with van der Waals surface area (Å²) in [4.78, 5) is 0. The third kappa shape index (κ3) is 2.51. The van der Waals surface area contributed by atoms with Crippen LogP contribution in [-0.4, -0.2) is 45.8 Å². The van der Waals surface area contributed by atoms with Crippen LogP contribution in [0.1, 0.15) is 13.8 Å². The molecule has 1 aliphatic heterocycles. The topological polar surface area (TPSA) is 73.2 Å². The molecular weight excluding hydrogens is 181 g/mol. The fourth-order valence-electron chi connectivity index (χ4n) is 1.25. The normalized spacial score (nSPS) is 34.5. The van der Waals surface area contributed by atoms with Gasteiger partial charge in [0.25, 0.3) is 0 Å². The lowest BCUT2D eigenvalue weighted by Gasteiger charge is -2.19. The fraction of sp³-hybridized carbons (Fsp3) is 0.778. The van der Waals surface area contributed by atoms with Crippen LogP contribution < -0.4 is 0 Å². The lowest BCUT2D eigenvalue weighted by atomic mass is 11.0. The van der Waals surface area contributed by atoms with Crippen LogP contribution in [0.3, 0.4) is 0 Å². The maximum absolute atomic E-state index is 9.81. The van der Waals surface area contributed by atoms with Gasteiger partial charge in [0.2, 0.25) is 0 Å². The van der Waals surface area contributed by atoms with E-state index in [1.54, 1.807) is 6.92 Å². The molecule has 1 rings (SSSR count). The molecule has 0 aromatic rings. The monoisotopic (exact) mass is 197 g/mol. The maximum Gasteiger partial charge on any atom is 0.134 e. The Morgan fingerprint density at radius 1 is 1.62 bits per heavy atom. The van der Waals surface area contributed by atoms with Crippen LogP contribution in [0.5, 0.6) is 0 Å². The van der Waals surface area contributed by atoms with E-state index in [1.165, 1.54) is 12.2 Å². The van der Waals surface area contributed by atoms with Gasteiger partial charge < -0.3 is 20.1 Å². The highest BCUT2D eigenvalue weighted by Crippen LogP contribution is 2.32. The Hall–Kier alpha value is -0.420. The fourth-order valence-corrected chi connectivity index (χ4v) is 1.25. The molecule has 1 heterocycles. The predicted octanol–water partition coefficient (Wildman–Crippen LogP) is -0.566. The molecule has 4 atom stereocenters. The summed E-state index contributed by atoms with van der Waals surface area (Å²) in [5, 5.41) is 27.7. The standard InChI is InChI=1S/C9H16O4/c1-6(11)3-4-9(12,5-10)8-7(2)13-8/h3-4,6-8,10-12H,5H2,1-2H3/b4-3+/t6-,7-,8+,9+/m0/s1/i1+1,2+1,3+1,4+1,5+1,6+1,7+1,8+1,9+1. The van der Waals surface area contributed by atoms with Gasteiger partial charge in [0.15, 0.2) is 0 Å². The van der Waals surface area contributed by atoms with Crippen LogP contribution in [0.4, 0.5) is 0 Å². The quantitative estimate of drug-likeness (QED) is 0.321. The summed E-state index contributed by atoms with van der Waals surface area (Å²) in [6.45, 7) is 3.00. The molecule has 0 aliphatic carbocycles. The van der Waals surface area contributed by atoms with Crippen molar-refractivity contribution < 1.29 is 20.1 Å². The Kier molecular flexibility index (Phi) is 3.08. The molecule has 0 spiro atoms. The van der Waals surface area contributed by atoms with Crippen LogP contribution in [0.15, 0.2) is 12.2 Å². The van der Waals surface area contributed by atoms with Crippen molar-refractivity contribution >= 4 is 0 Å². The first-order valence-electron chi connectivity index (χ1n) is 4.36. The van der Waals surface area contributed by atoms with E-state index in [9.17, 15) is 5.11 Å². The molecule has 0 bridgehead atoms. The van der Waals surface area contributed by atoms with E-state index < -0.39 is 18.3 Å². The van der Waals surface area contributed by atoms with E-state index in [-0.39, 0.29) is 12.2 Å². The molecule has 4 nitrogen and oxygen atoms in total. The SMILES string of the molecule is [13CH3][13C@H](O)/[13CH]=[13CH]/[13C@@](O)([13CH2]O)[13C@@H]1O[13C@H]1[13CH3]. The van der Waals surface area contributed by atoms with Crippen molar-refractivity contribution in [3.63, 3.8) is 0 Å². The first-order valence-corrected chi connectivity index (χ1v) is 4.36. The number of epoxide rings is 1. The molecule has 13 heavy (non-hydrogen) atoms. The largest absolute Gasteiger partial charge is 0.393 e. The van der Waals surface area contributed by atoms with Crippen molar-refractivity contribution in [3.05, 3.63) is 12.2 Å². The summed E-state index contributed by atoms with van der Waals surface area (Å²) >= 11 is 0. The Morgan fingerprint density at radius 3 is 2.46 bits per heavy atom. The van der Waals surface area contributed by atoms with Gasteiger partial charge in [0, 0.05) is 0 Å². The second-order valence-corrected chi connectivity index (χ2v) is 3.51. The number of aliphatic hydroxyl groups is 3. The average Bonchev–Trinajstić information content (AvgIpc) is 2.79. The van der Waals surface area contributed by atoms with Gasteiger partial charge in [-0.1, -0.05) is 6.08 Å². The van der Waals surface area contributed by atoms with Gasteiger partial charge in [-0.25, -0.2) is 0 Å².